The molecule has 3 heteroatoms. The molecule has 0 aromatic rings. The molecule has 0 spiro atoms. The summed E-state index contributed by atoms with van der Waals surface area (Å²) in [6, 6.07) is 0. The third kappa shape index (κ3) is 7.00. The van der Waals surface area contributed by atoms with E-state index in [-0.39, 0.29) is 18.0 Å². The highest BCUT2D eigenvalue weighted by molar-refractivity contribution is 5.72. The number of aliphatic hydroxyl groups excluding tert-OH is 1. The topological polar surface area (TPSA) is 46.5 Å². The van der Waals surface area contributed by atoms with Gasteiger partial charge in [-0.05, 0) is 25.7 Å². The summed E-state index contributed by atoms with van der Waals surface area (Å²) in [5.74, 6) is 0.146. The fraction of sp³-hybridized carbons (Fsp3) is 0.933. The van der Waals surface area contributed by atoms with Crippen LogP contribution >= 0.6 is 0 Å². The molecule has 1 N–H and O–H groups in total. The molecule has 0 aliphatic carbocycles. The van der Waals surface area contributed by atoms with Crippen LogP contribution in [0.25, 0.3) is 0 Å². The first-order valence-electron chi connectivity index (χ1n) is 7.30. The van der Waals surface area contributed by atoms with Gasteiger partial charge in [0, 0.05) is 6.42 Å². The number of hydrogen-bond acceptors (Lipinski definition) is 3. The lowest BCUT2D eigenvalue weighted by Gasteiger charge is -2.26. The molecule has 0 radical (unpaired) electrons. The maximum Gasteiger partial charge on any atom is 0.308 e. The summed E-state index contributed by atoms with van der Waals surface area (Å²) in [5.41, 5.74) is 0. The lowest BCUT2D eigenvalue weighted by Crippen LogP contribution is -2.31. The van der Waals surface area contributed by atoms with Crippen LogP contribution in [-0.4, -0.2) is 23.3 Å². The van der Waals surface area contributed by atoms with Gasteiger partial charge in [-0.25, -0.2) is 0 Å². The van der Waals surface area contributed by atoms with Gasteiger partial charge >= 0.3 is 5.97 Å². The molecule has 0 aromatic heterocycles. The zero-order chi connectivity index (χ0) is 14.1. The Morgan fingerprint density at radius 1 is 1.11 bits per heavy atom. The van der Waals surface area contributed by atoms with E-state index < -0.39 is 6.10 Å². The van der Waals surface area contributed by atoms with Gasteiger partial charge in [-0.1, -0.05) is 40.5 Å². The maximum atomic E-state index is 11.9. The molecule has 4 atom stereocenters. The van der Waals surface area contributed by atoms with Crippen LogP contribution in [-0.2, 0) is 9.53 Å². The molecule has 0 bridgehead atoms. The minimum atomic E-state index is -0.427. The van der Waals surface area contributed by atoms with Crippen LogP contribution in [0.15, 0.2) is 0 Å². The van der Waals surface area contributed by atoms with Crippen LogP contribution in [0, 0.1) is 11.8 Å². The van der Waals surface area contributed by atoms with Crippen molar-refractivity contribution >= 4 is 5.97 Å². The van der Waals surface area contributed by atoms with Gasteiger partial charge in [0.25, 0.3) is 0 Å². The first kappa shape index (κ1) is 17.4. The van der Waals surface area contributed by atoms with Crippen molar-refractivity contribution in [2.24, 2.45) is 11.8 Å². The molecule has 3 nitrogen and oxygen atoms in total. The molecule has 0 aliphatic heterocycles. The van der Waals surface area contributed by atoms with Crippen LogP contribution in [0.2, 0.25) is 0 Å². The molecule has 0 amide bonds. The molecule has 0 saturated carbocycles. The number of carbonyl (C=O) groups is 1. The predicted octanol–water partition coefficient (Wildman–Crippen LogP) is 3.54. The average molecular weight is 258 g/mol. The molecule has 108 valence electrons. The van der Waals surface area contributed by atoms with E-state index in [0.29, 0.717) is 12.3 Å². The van der Waals surface area contributed by atoms with Gasteiger partial charge in [-0.15, -0.1) is 0 Å². The number of hydrogen-bond donors (Lipinski definition) is 1. The highest BCUT2D eigenvalue weighted by atomic mass is 16.5. The van der Waals surface area contributed by atoms with Gasteiger partial charge in [0.15, 0.2) is 0 Å². The Balaban J connectivity index is 4.43. The minimum absolute atomic E-state index is 0.0414. The third-order valence-electron chi connectivity index (χ3n) is 3.34. The highest BCUT2D eigenvalue weighted by Gasteiger charge is 2.25. The van der Waals surface area contributed by atoms with Crippen molar-refractivity contribution in [1.82, 2.24) is 0 Å². The molecule has 0 heterocycles. The van der Waals surface area contributed by atoms with Crippen molar-refractivity contribution < 1.29 is 14.6 Å². The summed E-state index contributed by atoms with van der Waals surface area (Å²) < 4.78 is 5.59. The van der Waals surface area contributed by atoms with Crippen LogP contribution in [0.3, 0.4) is 0 Å². The van der Waals surface area contributed by atoms with Gasteiger partial charge < -0.3 is 9.84 Å². The second-order valence-corrected chi connectivity index (χ2v) is 5.52. The Morgan fingerprint density at radius 3 is 2.11 bits per heavy atom. The predicted molar refractivity (Wildman–Crippen MR) is 74.3 cm³/mol. The van der Waals surface area contributed by atoms with Crippen LogP contribution in [0.5, 0.6) is 0 Å². The monoisotopic (exact) mass is 258 g/mol. The van der Waals surface area contributed by atoms with Crippen molar-refractivity contribution in [3.63, 3.8) is 0 Å². The fourth-order valence-electron chi connectivity index (χ4n) is 2.19. The van der Waals surface area contributed by atoms with E-state index in [4.69, 9.17) is 4.74 Å². The van der Waals surface area contributed by atoms with E-state index >= 15 is 0 Å². The molecule has 18 heavy (non-hydrogen) atoms. The Bertz CT molecular complexity index is 226. The molecule has 0 saturated heterocycles. The molecule has 0 fully saturated rings. The second kappa shape index (κ2) is 9.37. The minimum Gasteiger partial charge on any atom is -0.462 e. The standard InChI is InChI=1S/C15H30O3/c1-6-8-11(3)14(10-13(5)16)18-15(17)12(4)9-7-2/h11-14,16H,6-10H2,1-5H3/t11?,12?,13-,14+/m1/s1. The third-order valence-corrected chi connectivity index (χ3v) is 3.34. The van der Waals surface area contributed by atoms with Crippen molar-refractivity contribution in [3.8, 4) is 0 Å². The summed E-state index contributed by atoms with van der Waals surface area (Å²) in [6.45, 7) is 9.94. The maximum absolute atomic E-state index is 11.9. The van der Waals surface area contributed by atoms with Crippen LogP contribution in [0.4, 0.5) is 0 Å². The van der Waals surface area contributed by atoms with Gasteiger partial charge in [0.2, 0.25) is 0 Å². The van der Waals surface area contributed by atoms with Crippen molar-refractivity contribution in [2.75, 3.05) is 0 Å². The smallest absolute Gasteiger partial charge is 0.308 e. The second-order valence-electron chi connectivity index (χ2n) is 5.52. The lowest BCUT2D eigenvalue weighted by atomic mass is 9.95. The van der Waals surface area contributed by atoms with E-state index in [0.717, 1.165) is 25.7 Å². The van der Waals surface area contributed by atoms with Crippen molar-refractivity contribution in [2.45, 2.75) is 78.9 Å². The Labute approximate surface area is 112 Å². The van der Waals surface area contributed by atoms with E-state index in [1.54, 1.807) is 6.92 Å². The van der Waals surface area contributed by atoms with E-state index in [2.05, 4.69) is 20.8 Å². The Kier molecular flexibility index (Phi) is 9.08. The average Bonchev–Trinajstić information content (AvgIpc) is 2.28. The lowest BCUT2D eigenvalue weighted by molar-refractivity contribution is -0.158. The summed E-state index contributed by atoms with van der Waals surface area (Å²) >= 11 is 0. The number of ether oxygens (including phenoxy) is 1. The van der Waals surface area contributed by atoms with Crippen molar-refractivity contribution in [3.05, 3.63) is 0 Å². The van der Waals surface area contributed by atoms with Gasteiger partial charge in [-0.2, -0.15) is 0 Å². The van der Waals surface area contributed by atoms with Gasteiger partial charge in [0.1, 0.15) is 6.10 Å². The first-order valence-corrected chi connectivity index (χ1v) is 7.30. The number of esters is 1. The largest absolute Gasteiger partial charge is 0.462 e. The van der Waals surface area contributed by atoms with E-state index in [1.807, 2.05) is 6.92 Å². The van der Waals surface area contributed by atoms with Crippen LogP contribution in [0.1, 0.15) is 66.7 Å². The number of carbonyl (C=O) groups excluding carboxylic acids is 1. The normalized spacial score (nSPS) is 17.9. The van der Waals surface area contributed by atoms with Gasteiger partial charge in [0.05, 0.1) is 12.0 Å². The molecular weight excluding hydrogens is 228 g/mol. The number of rotatable bonds is 9. The molecule has 0 aliphatic rings. The van der Waals surface area contributed by atoms with Crippen molar-refractivity contribution in [1.29, 1.82) is 0 Å². The Hall–Kier alpha value is -0.570. The van der Waals surface area contributed by atoms with Gasteiger partial charge in [-0.3, -0.25) is 4.79 Å². The molecular formula is C15H30O3. The Morgan fingerprint density at radius 2 is 1.67 bits per heavy atom. The summed E-state index contributed by atoms with van der Waals surface area (Å²) in [6.07, 6.45) is 3.89. The molecule has 0 aromatic carbocycles. The van der Waals surface area contributed by atoms with Crippen LogP contribution < -0.4 is 0 Å². The SMILES string of the molecule is CCCC(C)C(=O)O[C@@H](C[C@@H](C)O)C(C)CCC. The molecule has 0 rings (SSSR count). The zero-order valence-corrected chi connectivity index (χ0v) is 12.6. The molecule has 2 unspecified atom stereocenters. The van der Waals surface area contributed by atoms with E-state index in [1.165, 1.54) is 0 Å². The first-order chi connectivity index (χ1) is 8.42. The zero-order valence-electron chi connectivity index (χ0n) is 12.6. The summed E-state index contributed by atoms with van der Waals surface area (Å²) in [5, 5.41) is 9.50. The number of aliphatic hydroxyl groups is 1. The summed E-state index contributed by atoms with van der Waals surface area (Å²) in [7, 11) is 0. The fourth-order valence-corrected chi connectivity index (χ4v) is 2.19. The highest BCUT2D eigenvalue weighted by Crippen LogP contribution is 2.21. The van der Waals surface area contributed by atoms with E-state index in [9.17, 15) is 9.90 Å². The quantitative estimate of drug-likeness (QED) is 0.643. The summed E-state index contributed by atoms with van der Waals surface area (Å²) in [4.78, 5) is 11.9.